The maximum absolute atomic E-state index is 5.84. The molecule has 0 aliphatic carbocycles. The lowest BCUT2D eigenvalue weighted by atomic mass is 10.1. The minimum absolute atomic E-state index is 0.123. The zero-order valence-corrected chi connectivity index (χ0v) is 12.3. The first-order valence-corrected chi connectivity index (χ1v) is 6.77. The van der Waals surface area contributed by atoms with Crippen LogP contribution in [0.1, 0.15) is 17.3 Å². The van der Waals surface area contributed by atoms with Crippen molar-refractivity contribution >= 4 is 15.9 Å². The maximum atomic E-state index is 5.84. The molecular weight excluding hydrogens is 310 g/mol. The Kier molecular flexibility index (Phi) is 5.07. The number of hydrogen-bond acceptors (Lipinski definition) is 5. The van der Waals surface area contributed by atoms with Gasteiger partial charge >= 0.3 is 0 Å². The number of nitrogens with zero attached hydrogens (tertiary/aromatic N) is 2. The van der Waals surface area contributed by atoms with Gasteiger partial charge in [-0.3, -0.25) is 0 Å². The number of benzene rings is 1. The Hall–Kier alpha value is -1.24. The lowest BCUT2D eigenvalue weighted by Crippen LogP contribution is -2.28. The van der Waals surface area contributed by atoms with Crippen LogP contribution in [0.2, 0.25) is 0 Å². The number of ether oxygens (including phenoxy) is 1. The van der Waals surface area contributed by atoms with Gasteiger partial charge in [0.2, 0.25) is 5.89 Å². The van der Waals surface area contributed by atoms with Crippen molar-refractivity contribution in [2.75, 3.05) is 13.7 Å². The Morgan fingerprint density at radius 2 is 2.21 bits per heavy atom. The summed E-state index contributed by atoms with van der Waals surface area (Å²) in [6.07, 6.45) is 1.15. The summed E-state index contributed by atoms with van der Waals surface area (Å²) in [5, 5.41) is 3.96. The molecule has 19 heavy (non-hydrogen) atoms. The number of hydrogen-bond donors (Lipinski definition) is 1. The van der Waals surface area contributed by atoms with Gasteiger partial charge in [-0.15, -0.1) is 0 Å². The smallest absolute Gasteiger partial charge is 0.228 e. The van der Waals surface area contributed by atoms with Crippen molar-refractivity contribution in [1.82, 2.24) is 10.1 Å². The van der Waals surface area contributed by atoms with Gasteiger partial charge in [-0.25, -0.2) is 0 Å². The van der Waals surface area contributed by atoms with E-state index in [4.69, 9.17) is 15.0 Å². The van der Waals surface area contributed by atoms with Crippen LogP contribution in [0, 0.1) is 0 Å². The molecule has 2 N–H and O–H groups in total. The minimum Gasteiger partial charge on any atom is -0.383 e. The summed E-state index contributed by atoms with van der Waals surface area (Å²) in [4.78, 5) is 4.33. The highest BCUT2D eigenvalue weighted by Crippen LogP contribution is 2.18. The van der Waals surface area contributed by atoms with E-state index >= 15 is 0 Å². The third-order valence-electron chi connectivity index (χ3n) is 2.63. The zero-order valence-electron chi connectivity index (χ0n) is 10.7. The average molecular weight is 326 g/mol. The van der Waals surface area contributed by atoms with E-state index in [1.807, 2.05) is 24.3 Å². The van der Waals surface area contributed by atoms with Gasteiger partial charge in [-0.1, -0.05) is 39.3 Å². The van der Waals surface area contributed by atoms with Gasteiger partial charge in [0.25, 0.3) is 0 Å². The number of methoxy groups -OCH3 is 1. The highest BCUT2D eigenvalue weighted by molar-refractivity contribution is 9.10. The number of rotatable bonds is 6. The average Bonchev–Trinajstić information content (AvgIpc) is 2.80. The van der Waals surface area contributed by atoms with Crippen molar-refractivity contribution < 1.29 is 9.26 Å². The molecule has 2 rings (SSSR count). The van der Waals surface area contributed by atoms with E-state index in [0.29, 0.717) is 31.2 Å². The Balaban J connectivity index is 2.00. The fraction of sp³-hybridized carbons (Fsp3) is 0.385. The van der Waals surface area contributed by atoms with Gasteiger partial charge in [0.15, 0.2) is 5.82 Å². The highest BCUT2D eigenvalue weighted by atomic mass is 79.9. The molecule has 0 spiro atoms. The quantitative estimate of drug-likeness (QED) is 0.878. The molecule has 102 valence electrons. The van der Waals surface area contributed by atoms with Crippen molar-refractivity contribution in [3.05, 3.63) is 46.0 Å². The monoisotopic (exact) mass is 325 g/mol. The second-order valence-corrected chi connectivity index (χ2v) is 5.15. The molecule has 0 aliphatic rings. The molecule has 6 heteroatoms. The van der Waals surface area contributed by atoms with Crippen LogP contribution in [-0.2, 0) is 17.6 Å². The van der Waals surface area contributed by atoms with Crippen molar-refractivity contribution in [2.24, 2.45) is 5.73 Å². The maximum Gasteiger partial charge on any atom is 0.228 e. The summed E-state index contributed by atoms with van der Waals surface area (Å²) in [5.41, 5.74) is 6.96. The molecule has 1 unspecified atom stereocenters. The number of aromatic nitrogens is 2. The zero-order chi connectivity index (χ0) is 13.7. The van der Waals surface area contributed by atoms with Gasteiger partial charge in [0, 0.05) is 30.5 Å². The lowest BCUT2D eigenvalue weighted by molar-refractivity contribution is 0.176. The van der Waals surface area contributed by atoms with Gasteiger partial charge in [0.1, 0.15) is 0 Å². The molecular formula is C13H16BrN3O2. The predicted octanol–water partition coefficient (Wildman–Crippen LogP) is 1.94. The van der Waals surface area contributed by atoms with Crippen LogP contribution >= 0.6 is 15.9 Å². The van der Waals surface area contributed by atoms with Gasteiger partial charge in [-0.2, -0.15) is 4.98 Å². The van der Waals surface area contributed by atoms with E-state index in [9.17, 15) is 0 Å². The molecule has 0 aliphatic heterocycles. The summed E-state index contributed by atoms with van der Waals surface area (Å²) < 4.78 is 11.2. The number of nitrogens with two attached hydrogens (primary N) is 1. The number of halogens is 1. The molecule has 2 aromatic rings. The van der Waals surface area contributed by atoms with Crippen LogP contribution in [-0.4, -0.2) is 29.9 Å². The first-order chi connectivity index (χ1) is 9.19. The van der Waals surface area contributed by atoms with E-state index in [-0.39, 0.29) is 6.04 Å². The van der Waals surface area contributed by atoms with Crippen LogP contribution < -0.4 is 5.73 Å². The van der Waals surface area contributed by atoms with E-state index in [2.05, 4.69) is 26.1 Å². The largest absolute Gasteiger partial charge is 0.383 e. The highest BCUT2D eigenvalue weighted by Gasteiger charge is 2.12. The normalized spacial score (nSPS) is 12.6. The summed E-state index contributed by atoms with van der Waals surface area (Å²) in [5.74, 6) is 1.21. The summed E-state index contributed by atoms with van der Waals surface area (Å²) >= 11 is 3.50. The van der Waals surface area contributed by atoms with Crippen molar-refractivity contribution in [2.45, 2.75) is 18.9 Å². The second kappa shape index (κ2) is 6.79. The van der Waals surface area contributed by atoms with E-state index < -0.39 is 0 Å². The van der Waals surface area contributed by atoms with Crippen molar-refractivity contribution in [3.63, 3.8) is 0 Å². The molecule has 5 nitrogen and oxygen atoms in total. The summed E-state index contributed by atoms with van der Waals surface area (Å²) in [6, 6.07) is 7.85. The minimum atomic E-state index is -0.123. The molecule has 0 fully saturated rings. The van der Waals surface area contributed by atoms with Crippen LogP contribution in [0.4, 0.5) is 0 Å². The van der Waals surface area contributed by atoms with Crippen LogP contribution in [0.5, 0.6) is 0 Å². The Bertz CT molecular complexity index is 530. The Morgan fingerprint density at radius 3 is 2.95 bits per heavy atom. The molecule has 1 aromatic heterocycles. The second-order valence-electron chi connectivity index (χ2n) is 4.29. The van der Waals surface area contributed by atoms with Crippen LogP contribution in [0.25, 0.3) is 0 Å². The third-order valence-corrected chi connectivity index (χ3v) is 3.41. The fourth-order valence-corrected chi connectivity index (χ4v) is 2.18. The predicted molar refractivity (Wildman–Crippen MR) is 74.8 cm³/mol. The first kappa shape index (κ1) is 14.2. The molecule has 1 heterocycles. The molecule has 0 amide bonds. The van der Waals surface area contributed by atoms with Crippen LogP contribution in [0.15, 0.2) is 33.3 Å². The van der Waals surface area contributed by atoms with Crippen molar-refractivity contribution in [3.8, 4) is 0 Å². The Labute approximate surface area is 120 Å². The summed E-state index contributed by atoms with van der Waals surface area (Å²) in [7, 11) is 1.62. The molecule has 0 saturated carbocycles. The lowest BCUT2D eigenvalue weighted by Gasteiger charge is -2.05. The summed E-state index contributed by atoms with van der Waals surface area (Å²) in [6.45, 7) is 0.474. The first-order valence-electron chi connectivity index (χ1n) is 5.98. The van der Waals surface area contributed by atoms with Gasteiger partial charge in [0.05, 0.1) is 6.61 Å². The van der Waals surface area contributed by atoms with Crippen LogP contribution in [0.3, 0.4) is 0 Å². The molecule has 0 radical (unpaired) electrons. The molecule has 1 aromatic carbocycles. The van der Waals surface area contributed by atoms with E-state index in [0.717, 1.165) is 10.0 Å². The van der Waals surface area contributed by atoms with Gasteiger partial charge in [-0.05, 0) is 11.6 Å². The van der Waals surface area contributed by atoms with E-state index in [1.54, 1.807) is 7.11 Å². The molecule has 1 atom stereocenters. The molecule has 0 saturated heterocycles. The third kappa shape index (κ3) is 4.12. The topological polar surface area (TPSA) is 74.2 Å². The van der Waals surface area contributed by atoms with Crippen molar-refractivity contribution in [1.29, 1.82) is 0 Å². The SMILES string of the molecule is COCC(N)Cc1nc(Cc2ccccc2Br)no1. The fourth-order valence-electron chi connectivity index (χ4n) is 1.75. The van der Waals surface area contributed by atoms with Gasteiger partial charge < -0.3 is 15.0 Å². The standard InChI is InChI=1S/C13H16BrN3O2/c1-18-8-10(15)7-13-16-12(17-19-13)6-9-4-2-3-5-11(9)14/h2-5,10H,6-8,15H2,1H3. The molecule has 0 bridgehead atoms. The van der Waals surface area contributed by atoms with E-state index in [1.165, 1.54) is 0 Å². The Morgan fingerprint density at radius 1 is 1.42 bits per heavy atom.